The summed E-state index contributed by atoms with van der Waals surface area (Å²) in [4.78, 5) is 12.1. The normalized spacial score (nSPS) is 30.1. The van der Waals surface area contributed by atoms with Crippen LogP contribution in [-0.4, -0.2) is 30.1 Å². The van der Waals surface area contributed by atoms with E-state index >= 15 is 0 Å². The highest BCUT2D eigenvalue weighted by Crippen LogP contribution is 2.42. The van der Waals surface area contributed by atoms with Gasteiger partial charge in [-0.3, -0.25) is 4.79 Å². The Morgan fingerprint density at radius 1 is 1.40 bits per heavy atom. The number of ether oxygens (including phenoxy) is 1. The van der Waals surface area contributed by atoms with E-state index in [1.54, 1.807) is 0 Å². The fourth-order valence-electron chi connectivity index (χ4n) is 2.45. The first-order chi connectivity index (χ1) is 6.69. The minimum Gasteiger partial charge on any atom is -0.369 e. The van der Waals surface area contributed by atoms with E-state index in [2.05, 4.69) is 5.32 Å². The summed E-state index contributed by atoms with van der Waals surface area (Å²) >= 11 is 0. The number of ketones is 1. The van der Waals surface area contributed by atoms with Crippen LogP contribution in [0.15, 0.2) is 0 Å². The molecule has 0 radical (unpaired) electrons. The minimum atomic E-state index is -0.342. The van der Waals surface area contributed by atoms with E-state index in [1.165, 1.54) is 0 Å². The Morgan fingerprint density at radius 2 is 1.93 bits per heavy atom. The number of likely N-dealkylation sites (N-methyl/N-ethyl adjacent to an activating group) is 1. The van der Waals surface area contributed by atoms with Crippen LogP contribution in [0.2, 0.25) is 0 Å². The number of rotatable bonds is 3. The molecule has 88 valence electrons. The maximum absolute atomic E-state index is 12.1. The molecule has 1 heterocycles. The second kappa shape index (κ2) is 3.87. The van der Waals surface area contributed by atoms with Gasteiger partial charge in [-0.25, -0.2) is 0 Å². The molecule has 1 aliphatic rings. The first kappa shape index (κ1) is 12.7. The number of carbonyl (C=O) groups excluding carboxylic acids is 1. The van der Waals surface area contributed by atoms with Gasteiger partial charge in [0.05, 0.1) is 23.2 Å². The van der Waals surface area contributed by atoms with Crippen molar-refractivity contribution in [2.75, 3.05) is 7.05 Å². The van der Waals surface area contributed by atoms with Gasteiger partial charge in [0.1, 0.15) is 0 Å². The Labute approximate surface area is 92.6 Å². The largest absolute Gasteiger partial charge is 0.369 e. The van der Waals surface area contributed by atoms with Gasteiger partial charge in [-0.1, -0.05) is 0 Å². The molecule has 1 N–H and O–H groups in total. The van der Waals surface area contributed by atoms with Crippen LogP contribution in [0.1, 0.15) is 41.0 Å². The van der Waals surface area contributed by atoms with Crippen molar-refractivity contribution in [3.05, 3.63) is 0 Å². The summed E-state index contributed by atoms with van der Waals surface area (Å²) in [6.45, 7) is 10.0. The third-order valence-electron chi connectivity index (χ3n) is 3.28. The molecule has 0 aromatic carbocycles. The first-order valence-electron chi connectivity index (χ1n) is 5.61. The van der Waals surface area contributed by atoms with Crippen molar-refractivity contribution in [1.29, 1.82) is 0 Å². The van der Waals surface area contributed by atoms with Gasteiger partial charge in [-0.15, -0.1) is 0 Å². The van der Waals surface area contributed by atoms with Crippen molar-refractivity contribution in [1.82, 2.24) is 5.32 Å². The zero-order valence-corrected chi connectivity index (χ0v) is 10.7. The molecule has 0 aliphatic carbocycles. The third kappa shape index (κ3) is 2.58. The molecule has 2 atom stereocenters. The number of hydrogen-bond donors (Lipinski definition) is 1. The zero-order valence-electron chi connectivity index (χ0n) is 10.7. The molecule has 0 amide bonds. The Kier molecular flexibility index (Phi) is 3.27. The summed E-state index contributed by atoms with van der Waals surface area (Å²) < 4.78 is 5.92. The van der Waals surface area contributed by atoms with Gasteiger partial charge in [0.15, 0.2) is 5.78 Å². The summed E-state index contributed by atoms with van der Waals surface area (Å²) in [6, 6.07) is -0.0909. The van der Waals surface area contributed by atoms with Gasteiger partial charge in [0.2, 0.25) is 0 Å². The Morgan fingerprint density at radius 3 is 2.27 bits per heavy atom. The lowest BCUT2D eigenvalue weighted by atomic mass is 9.82. The van der Waals surface area contributed by atoms with E-state index in [9.17, 15) is 4.79 Å². The van der Waals surface area contributed by atoms with Gasteiger partial charge in [-0.05, 0) is 48.1 Å². The quantitative estimate of drug-likeness (QED) is 0.776. The van der Waals surface area contributed by atoms with Crippen molar-refractivity contribution in [2.24, 2.45) is 5.92 Å². The van der Waals surface area contributed by atoms with E-state index in [0.29, 0.717) is 0 Å². The second-order valence-corrected chi connectivity index (χ2v) is 5.63. The number of carbonyl (C=O) groups is 1. The van der Waals surface area contributed by atoms with Gasteiger partial charge in [-0.2, -0.15) is 0 Å². The predicted octanol–water partition coefficient (Wildman–Crippen LogP) is 1.76. The van der Waals surface area contributed by atoms with E-state index in [1.807, 2.05) is 41.7 Å². The highest BCUT2D eigenvalue weighted by Gasteiger charge is 2.49. The monoisotopic (exact) mass is 213 g/mol. The molecular weight excluding hydrogens is 190 g/mol. The zero-order chi connectivity index (χ0) is 11.9. The molecule has 1 saturated heterocycles. The smallest absolute Gasteiger partial charge is 0.155 e. The van der Waals surface area contributed by atoms with Crippen LogP contribution in [0.25, 0.3) is 0 Å². The van der Waals surface area contributed by atoms with Crippen LogP contribution in [0.3, 0.4) is 0 Å². The molecule has 0 spiro atoms. The van der Waals surface area contributed by atoms with Gasteiger partial charge >= 0.3 is 0 Å². The molecule has 0 aromatic heterocycles. The van der Waals surface area contributed by atoms with Crippen LogP contribution >= 0.6 is 0 Å². The number of Topliss-reactive ketones (excluding diaryl/α,β-unsaturated/α-hetero) is 1. The Hall–Kier alpha value is -0.410. The van der Waals surface area contributed by atoms with Gasteiger partial charge in [0, 0.05) is 0 Å². The second-order valence-electron chi connectivity index (χ2n) is 5.63. The lowest BCUT2D eigenvalue weighted by Crippen LogP contribution is -2.42. The average molecular weight is 213 g/mol. The van der Waals surface area contributed by atoms with Crippen LogP contribution in [0.5, 0.6) is 0 Å². The summed E-state index contributed by atoms with van der Waals surface area (Å²) in [5.74, 6) is 0.253. The Balaban J connectivity index is 2.83. The van der Waals surface area contributed by atoms with Crippen LogP contribution in [0, 0.1) is 5.92 Å². The van der Waals surface area contributed by atoms with E-state index in [0.717, 1.165) is 6.42 Å². The Bertz CT molecular complexity index is 258. The molecule has 1 aliphatic heterocycles. The van der Waals surface area contributed by atoms with E-state index in [4.69, 9.17) is 4.74 Å². The molecule has 0 saturated carbocycles. The van der Waals surface area contributed by atoms with E-state index < -0.39 is 0 Å². The molecule has 1 rings (SSSR count). The highest BCUT2D eigenvalue weighted by atomic mass is 16.5. The van der Waals surface area contributed by atoms with E-state index in [-0.39, 0.29) is 28.9 Å². The predicted molar refractivity (Wildman–Crippen MR) is 60.9 cm³/mol. The van der Waals surface area contributed by atoms with Crippen LogP contribution in [0.4, 0.5) is 0 Å². The minimum absolute atomic E-state index is 0.00468. The topological polar surface area (TPSA) is 38.3 Å². The summed E-state index contributed by atoms with van der Waals surface area (Å²) in [5, 5.41) is 3.00. The molecule has 0 bridgehead atoms. The number of nitrogens with one attached hydrogen (secondary N) is 1. The molecule has 2 unspecified atom stereocenters. The lowest BCUT2D eigenvalue weighted by molar-refractivity contribution is -0.130. The maximum Gasteiger partial charge on any atom is 0.155 e. The summed E-state index contributed by atoms with van der Waals surface area (Å²) in [7, 11) is 1.82. The SMILES string of the molecule is CNC(C)C(=O)C1CC(C)(C)OC1(C)C. The van der Waals surface area contributed by atoms with Crippen LogP contribution in [-0.2, 0) is 9.53 Å². The maximum atomic E-state index is 12.1. The van der Waals surface area contributed by atoms with Crippen molar-refractivity contribution in [3.8, 4) is 0 Å². The summed E-state index contributed by atoms with van der Waals surface area (Å²) in [5.41, 5.74) is -0.525. The summed E-state index contributed by atoms with van der Waals surface area (Å²) in [6.07, 6.45) is 0.810. The third-order valence-corrected chi connectivity index (χ3v) is 3.28. The fraction of sp³-hybridized carbons (Fsp3) is 0.917. The average Bonchev–Trinajstić information content (AvgIpc) is 2.31. The molecule has 0 aromatic rings. The molecule has 1 fully saturated rings. The van der Waals surface area contributed by atoms with Crippen molar-refractivity contribution in [2.45, 2.75) is 58.3 Å². The molecule has 3 heteroatoms. The van der Waals surface area contributed by atoms with Gasteiger partial charge in [0.25, 0.3) is 0 Å². The van der Waals surface area contributed by atoms with Crippen molar-refractivity contribution in [3.63, 3.8) is 0 Å². The van der Waals surface area contributed by atoms with Crippen molar-refractivity contribution >= 4 is 5.78 Å². The van der Waals surface area contributed by atoms with Crippen molar-refractivity contribution < 1.29 is 9.53 Å². The highest BCUT2D eigenvalue weighted by molar-refractivity contribution is 5.87. The first-order valence-corrected chi connectivity index (χ1v) is 5.61. The molecule has 3 nitrogen and oxygen atoms in total. The fourth-order valence-corrected chi connectivity index (χ4v) is 2.45. The molecular formula is C12H23NO2. The van der Waals surface area contributed by atoms with Crippen LogP contribution < -0.4 is 5.32 Å². The van der Waals surface area contributed by atoms with Gasteiger partial charge < -0.3 is 10.1 Å². The lowest BCUT2D eigenvalue weighted by Gasteiger charge is -2.27. The number of hydrogen-bond acceptors (Lipinski definition) is 3. The molecule has 15 heavy (non-hydrogen) atoms. The standard InChI is InChI=1S/C12H23NO2/c1-8(13-6)10(14)9-7-11(2,3)15-12(9,4)5/h8-9,13H,7H2,1-6H3.